The molecule has 6 nitrogen and oxygen atoms in total. The molecule has 0 unspecified atom stereocenters. The van der Waals surface area contributed by atoms with Crippen molar-refractivity contribution in [2.24, 2.45) is 11.8 Å². The van der Waals surface area contributed by atoms with E-state index in [0.29, 0.717) is 34.8 Å². The van der Waals surface area contributed by atoms with Gasteiger partial charge in [-0.05, 0) is 27.8 Å². The average Bonchev–Trinajstić information content (AvgIpc) is 3.39. The molecule has 0 amide bonds. The lowest BCUT2D eigenvalue weighted by Gasteiger charge is -2.43. The van der Waals surface area contributed by atoms with Gasteiger partial charge in [-0.1, -0.05) is 93.0 Å². The second kappa shape index (κ2) is 8.52. The van der Waals surface area contributed by atoms with Gasteiger partial charge in [0.1, 0.15) is 18.1 Å². The number of ether oxygens (including phenoxy) is 1. The molecule has 1 aliphatic carbocycles. The number of halogens is 1. The first-order valence-corrected chi connectivity index (χ1v) is 14.4. The van der Waals surface area contributed by atoms with Crippen molar-refractivity contribution in [3.63, 3.8) is 0 Å². The summed E-state index contributed by atoms with van der Waals surface area (Å²) in [5.74, 6) is 0.918. The lowest BCUT2D eigenvalue weighted by Crippen LogP contribution is -2.67. The average molecular weight is 505 g/mol. The van der Waals surface area contributed by atoms with Crippen LogP contribution in [0.4, 0.5) is 0 Å². The lowest BCUT2D eigenvalue weighted by molar-refractivity contribution is -0.0450. The molecular formula is C27H29ClN4O2Si. The van der Waals surface area contributed by atoms with Gasteiger partial charge in [-0.2, -0.15) is 0 Å². The third-order valence-corrected chi connectivity index (χ3v) is 12.8. The minimum Gasteiger partial charge on any atom is -0.405 e. The maximum Gasteiger partial charge on any atom is 0.261 e. The number of aromatic nitrogens is 4. The number of hydrogen-bond acceptors (Lipinski definition) is 5. The van der Waals surface area contributed by atoms with Gasteiger partial charge in [0.15, 0.2) is 10.8 Å². The van der Waals surface area contributed by atoms with Crippen LogP contribution in [0.1, 0.15) is 33.4 Å². The van der Waals surface area contributed by atoms with Gasteiger partial charge >= 0.3 is 0 Å². The number of imidazole rings is 1. The van der Waals surface area contributed by atoms with E-state index in [1.807, 2.05) is 4.57 Å². The van der Waals surface area contributed by atoms with Crippen molar-refractivity contribution in [1.29, 1.82) is 0 Å². The van der Waals surface area contributed by atoms with E-state index in [9.17, 15) is 0 Å². The molecule has 1 saturated heterocycles. The van der Waals surface area contributed by atoms with E-state index in [1.54, 1.807) is 6.33 Å². The van der Waals surface area contributed by atoms with Crippen LogP contribution in [-0.2, 0) is 9.16 Å². The SMILES string of the molecule is CC(C)(C)[Si](OC[C@H]1O[C@@H](n2cnc3c(Cl)ncnc32)[C@H]2C[C@H]21)(c1ccccc1)c1ccccc1. The molecule has 3 heterocycles. The molecular weight excluding hydrogens is 476 g/mol. The number of nitrogens with zero attached hydrogens (tertiary/aromatic N) is 4. The van der Waals surface area contributed by atoms with Gasteiger partial charge in [0.2, 0.25) is 0 Å². The third kappa shape index (κ3) is 3.73. The Morgan fingerprint density at radius 1 is 0.971 bits per heavy atom. The summed E-state index contributed by atoms with van der Waals surface area (Å²) in [5.41, 5.74) is 1.33. The van der Waals surface area contributed by atoms with Gasteiger partial charge in [0, 0.05) is 5.92 Å². The molecule has 180 valence electrons. The first-order chi connectivity index (χ1) is 16.9. The van der Waals surface area contributed by atoms with Crippen molar-refractivity contribution in [2.45, 2.75) is 44.6 Å². The minimum atomic E-state index is -2.60. The Labute approximate surface area is 211 Å². The van der Waals surface area contributed by atoms with Gasteiger partial charge < -0.3 is 9.16 Å². The van der Waals surface area contributed by atoms with Crippen LogP contribution < -0.4 is 10.4 Å². The quantitative estimate of drug-likeness (QED) is 0.284. The molecule has 0 bridgehead atoms. The molecule has 4 aromatic rings. The summed E-state index contributed by atoms with van der Waals surface area (Å²) in [6.45, 7) is 7.48. The fourth-order valence-corrected chi connectivity index (χ4v) is 10.5. The van der Waals surface area contributed by atoms with Crippen LogP contribution in [0, 0.1) is 11.8 Å². The smallest absolute Gasteiger partial charge is 0.261 e. The lowest BCUT2D eigenvalue weighted by atomic mass is 10.2. The molecule has 2 aromatic heterocycles. The fraction of sp³-hybridized carbons (Fsp3) is 0.370. The van der Waals surface area contributed by atoms with Gasteiger partial charge in [0.05, 0.1) is 19.0 Å². The maximum atomic E-state index is 7.16. The molecule has 4 atom stereocenters. The van der Waals surface area contributed by atoms with E-state index < -0.39 is 8.32 Å². The number of fused-ring (bicyclic) bond motifs is 2. The summed E-state index contributed by atoms with van der Waals surface area (Å²) in [5, 5.41) is 2.87. The molecule has 8 heteroatoms. The van der Waals surface area contributed by atoms with E-state index in [0.717, 1.165) is 6.42 Å². The Morgan fingerprint density at radius 3 is 2.26 bits per heavy atom. The normalized spacial score (nSPS) is 24.0. The molecule has 1 saturated carbocycles. The van der Waals surface area contributed by atoms with Crippen molar-refractivity contribution in [3.8, 4) is 0 Å². The first-order valence-electron chi connectivity index (χ1n) is 12.1. The van der Waals surface area contributed by atoms with Crippen molar-refractivity contribution >= 4 is 41.5 Å². The summed E-state index contributed by atoms with van der Waals surface area (Å²) in [7, 11) is -2.60. The van der Waals surface area contributed by atoms with Crippen molar-refractivity contribution in [2.75, 3.05) is 6.61 Å². The summed E-state index contributed by atoms with van der Waals surface area (Å²) in [4.78, 5) is 12.9. The Balaban J connectivity index is 1.31. The molecule has 1 aliphatic heterocycles. The van der Waals surface area contributed by atoms with E-state index >= 15 is 0 Å². The highest BCUT2D eigenvalue weighted by atomic mass is 35.5. The zero-order valence-electron chi connectivity index (χ0n) is 20.1. The first kappa shape index (κ1) is 22.9. The number of hydrogen-bond donors (Lipinski definition) is 0. The summed E-state index contributed by atoms with van der Waals surface area (Å²) < 4.78 is 15.8. The van der Waals surface area contributed by atoms with Crippen molar-refractivity contribution in [1.82, 2.24) is 19.5 Å². The van der Waals surface area contributed by atoms with Crippen molar-refractivity contribution in [3.05, 3.63) is 78.5 Å². The summed E-state index contributed by atoms with van der Waals surface area (Å²) >= 11 is 6.23. The maximum absolute atomic E-state index is 7.16. The Kier molecular flexibility index (Phi) is 5.56. The van der Waals surface area contributed by atoms with Crippen LogP contribution in [0.25, 0.3) is 11.2 Å². The van der Waals surface area contributed by atoms with E-state index in [2.05, 4.69) is 96.4 Å². The number of rotatable bonds is 6. The predicted octanol–water partition coefficient (Wildman–Crippen LogP) is 4.59. The standard InChI is InChI=1S/C27H29ClN4O2Si/c1-27(2,3)35(18-10-6-4-7-11-18,19-12-8-5-9-13-19)33-15-22-20-14-21(20)26(34-22)32-17-31-23-24(28)29-16-30-25(23)32/h4-13,16-17,20-22,26H,14-15H2,1-3H3/t20-,21+,22-,26-/m1/s1. The summed E-state index contributed by atoms with van der Waals surface area (Å²) in [6, 6.07) is 21.5. The predicted molar refractivity (Wildman–Crippen MR) is 139 cm³/mol. The van der Waals surface area contributed by atoms with E-state index in [-0.39, 0.29) is 17.4 Å². The molecule has 0 spiro atoms. The van der Waals surface area contributed by atoms with E-state index in [4.69, 9.17) is 20.8 Å². The molecule has 0 radical (unpaired) electrons. The Morgan fingerprint density at radius 2 is 1.63 bits per heavy atom. The number of benzene rings is 2. The highest BCUT2D eigenvalue weighted by Gasteiger charge is 2.58. The third-order valence-electron chi connectivity index (χ3n) is 7.52. The largest absolute Gasteiger partial charge is 0.405 e. The molecule has 2 fully saturated rings. The molecule has 2 aromatic carbocycles. The Bertz CT molecular complexity index is 1300. The summed E-state index contributed by atoms with van der Waals surface area (Å²) in [6.07, 6.45) is 4.30. The topological polar surface area (TPSA) is 62.1 Å². The molecule has 2 aliphatic rings. The van der Waals surface area contributed by atoms with Gasteiger partial charge in [-0.3, -0.25) is 4.57 Å². The zero-order chi connectivity index (χ0) is 24.2. The van der Waals surface area contributed by atoms with Crippen LogP contribution in [0.5, 0.6) is 0 Å². The highest BCUT2D eigenvalue weighted by molar-refractivity contribution is 6.99. The zero-order valence-corrected chi connectivity index (χ0v) is 21.9. The van der Waals surface area contributed by atoms with Crippen LogP contribution in [0.15, 0.2) is 73.3 Å². The molecule has 6 rings (SSSR count). The minimum absolute atomic E-state index is 0.0291. The second-order valence-corrected chi connectivity index (χ2v) is 15.3. The molecule has 0 N–H and O–H groups in total. The van der Waals surface area contributed by atoms with Crippen LogP contribution in [0.3, 0.4) is 0 Å². The second-order valence-electron chi connectivity index (χ2n) is 10.6. The highest BCUT2D eigenvalue weighted by Crippen LogP contribution is 2.57. The van der Waals surface area contributed by atoms with Gasteiger partial charge in [-0.25, -0.2) is 15.0 Å². The van der Waals surface area contributed by atoms with Crippen LogP contribution >= 0.6 is 11.6 Å². The molecule has 35 heavy (non-hydrogen) atoms. The van der Waals surface area contributed by atoms with E-state index in [1.165, 1.54) is 16.7 Å². The van der Waals surface area contributed by atoms with Crippen LogP contribution in [-0.4, -0.2) is 40.5 Å². The van der Waals surface area contributed by atoms with Crippen molar-refractivity contribution < 1.29 is 9.16 Å². The van der Waals surface area contributed by atoms with Gasteiger partial charge in [-0.15, -0.1) is 0 Å². The van der Waals surface area contributed by atoms with Gasteiger partial charge in [0.25, 0.3) is 8.32 Å². The fourth-order valence-electron chi connectivity index (χ4n) is 5.79. The monoisotopic (exact) mass is 504 g/mol. The Hall–Kier alpha value is -2.58. The van der Waals surface area contributed by atoms with Crippen LogP contribution in [0.2, 0.25) is 10.2 Å².